The first-order valence-corrected chi connectivity index (χ1v) is 10.2. The molecule has 1 aliphatic carbocycles. The summed E-state index contributed by atoms with van der Waals surface area (Å²) in [5.41, 5.74) is 0.835. The Morgan fingerprint density at radius 3 is 2.68 bits per heavy atom. The van der Waals surface area contributed by atoms with Gasteiger partial charge in [-0.1, -0.05) is 23.7 Å². The zero-order valence-electron chi connectivity index (χ0n) is 17.4. The second-order valence-electron chi connectivity index (χ2n) is 7.47. The molecule has 2 atom stereocenters. The van der Waals surface area contributed by atoms with Crippen LogP contribution in [0, 0.1) is 5.95 Å². The van der Waals surface area contributed by atoms with Crippen LogP contribution in [0.1, 0.15) is 28.8 Å². The number of rotatable bonds is 7. The van der Waals surface area contributed by atoms with Crippen LogP contribution in [0.3, 0.4) is 0 Å². The molecule has 31 heavy (non-hydrogen) atoms. The molecule has 0 bridgehead atoms. The zero-order valence-corrected chi connectivity index (χ0v) is 18.2. The molecule has 1 amide bonds. The van der Waals surface area contributed by atoms with E-state index in [2.05, 4.69) is 15.4 Å². The summed E-state index contributed by atoms with van der Waals surface area (Å²) in [5, 5.41) is 6.87. The first kappa shape index (κ1) is 21.3. The minimum atomic E-state index is -0.903. The van der Waals surface area contributed by atoms with Crippen molar-refractivity contribution >= 4 is 29.0 Å². The summed E-state index contributed by atoms with van der Waals surface area (Å²) in [6.07, 6.45) is 1.55. The number of anilines is 1. The molecule has 4 rings (SSSR count). The fraction of sp³-hybridized carbons (Fsp3) is 0.381. The summed E-state index contributed by atoms with van der Waals surface area (Å²) in [7, 11) is 5.02. The summed E-state index contributed by atoms with van der Waals surface area (Å²) >= 11 is 6.22. The Hall–Kier alpha value is -2.91. The Balaban J connectivity index is 1.64. The van der Waals surface area contributed by atoms with Crippen molar-refractivity contribution in [3.05, 3.63) is 52.6 Å². The van der Waals surface area contributed by atoms with Gasteiger partial charge in [0.25, 0.3) is 5.91 Å². The predicted molar refractivity (Wildman–Crippen MR) is 114 cm³/mol. The van der Waals surface area contributed by atoms with Gasteiger partial charge in [0.15, 0.2) is 5.65 Å². The second kappa shape index (κ2) is 8.68. The lowest BCUT2D eigenvalue weighted by Gasteiger charge is -2.35. The predicted octanol–water partition coefficient (Wildman–Crippen LogP) is 3.07. The summed E-state index contributed by atoms with van der Waals surface area (Å²) in [5.74, 6) is -0.229. The number of aromatic nitrogens is 3. The van der Waals surface area contributed by atoms with E-state index in [9.17, 15) is 9.18 Å². The molecule has 3 aromatic rings. The van der Waals surface area contributed by atoms with Crippen molar-refractivity contribution in [2.75, 3.05) is 26.2 Å². The van der Waals surface area contributed by atoms with E-state index >= 15 is 0 Å². The average molecular weight is 448 g/mol. The highest BCUT2D eigenvalue weighted by Crippen LogP contribution is 2.27. The van der Waals surface area contributed by atoms with Crippen LogP contribution >= 0.6 is 11.6 Å². The van der Waals surface area contributed by atoms with E-state index in [0.29, 0.717) is 12.4 Å². The minimum Gasteiger partial charge on any atom is -0.497 e. The third kappa shape index (κ3) is 4.15. The topological polar surface area (TPSA) is 81.0 Å². The van der Waals surface area contributed by atoms with Gasteiger partial charge in [-0.15, -0.1) is 5.10 Å². The number of fused-ring (bicyclic) bond motifs is 1. The van der Waals surface area contributed by atoms with Crippen molar-refractivity contribution in [2.24, 2.45) is 0 Å². The van der Waals surface area contributed by atoms with Crippen LogP contribution in [0.2, 0.25) is 5.15 Å². The van der Waals surface area contributed by atoms with Crippen molar-refractivity contribution in [2.45, 2.75) is 31.5 Å². The van der Waals surface area contributed by atoms with E-state index in [1.165, 1.54) is 4.52 Å². The van der Waals surface area contributed by atoms with E-state index in [1.54, 1.807) is 20.3 Å². The fourth-order valence-corrected chi connectivity index (χ4v) is 3.84. The maximum absolute atomic E-state index is 14.8. The minimum absolute atomic E-state index is 0.0624. The van der Waals surface area contributed by atoms with Gasteiger partial charge in [-0.05, 0) is 30.5 Å². The van der Waals surface area contributed by atoms with Gasteiger partial charge < -0.3 is 19.7 Å². The van der Waals surface area contributed by atoms with Crippen molar-refractivity contribution in [3.63, 3.8) is 0 Å². The Labute approximate surface area is 183 Å². The van der Waals surface area contributed by atoms with Crippen molar-refractivity contribution in [3.8, 4) is 5.75 Å². The van der Waals surface area contributed by atoms with E-state index in [1.807, 2.05) is 36.2 Å². The monoisotopic (exact) mass is 447 g/mol. The molecule has 0 radical (unpaired) electrons. The van der Waals surface area contributed by atoms with E-state index in [0.717, 1.165) is 24.2 Å². The summed E-state index contributed by atoms with van der Waals surface area (Å²) in [6.45, 7) is 0.500. The van der Waals surface area contributed by atoms with E-state index in [4.69, 9.17) is 21.1 Å². The lowest BCUT2D eigenvalue weighted by Crippen LogP contribution is -2.51. The Kier molecular flexibility index (Phi) is 5.97. The van der Waals surface area contributed by atoms with Gasteiger partial charge in [-0.25, -0.2) is 4.98 Å². The summed E-state index contributed by atoms with van der Waals surface area (Å²) in [4.78, 5) is 18.8. The van der Waals surface area contributed by atoms with Crippen LogP contribution in [0.5, 0.6) is 5.75 Å². The SMILES string of the molecule is COc1ccc(CN(C)c2cc(Cl)nc3c(C(=O)N[C@@H]4CC[C@H]4OC)c(F)nn23)cc1. The molecule has 1 N–H and O–H groups in total. The third-order valence-electron chi connectivity index (χ3n) is 5.52. The van der Waals surface area contributed by atoms with Crippen LogP contribution in [0.25, 0.3) is 5.65 Å². The van der Waals surface area contributed by atoms with Crippen molar-refractivity contribution in [1.82, 2.24) is 19.9 Å². The lowest BCUT2D eigenvalue weighted by molar-refractivity contribution is 0.00725. The highest BCUT2D eigenvalue weighted by atomic mass is 35.5. The number of amides is 1. The molecule has 0 aliphatic heterocycles. The van der Waals surface area contributed by atoms with E-state index < -0.39 is 11.9 Å². The quantitative estimate of drug-likeness (QED) is 0.561. The second-order valence-corrected chi connectivity index (χ2v) is 7.86. The lowest BCUT2D eigenvalue weighted by atomic mass is 9.89. The molecule has 0 unspecified atom stereocenters. The molecule has 2 heterocycles. The standard InChI is InChI=1S/C21H23ClFN5O3/c1-27(11-12-4-6-13(30-2)7-5-12)17-10-16(22)25-20-18(19(23)26-28(17)20)21(29)24-14-8-9-15(14)31-3/h4-7,10,14-15H,8-9,11H2,1-3H3,(H,24,29)/t14-,15-/m1/s1. The fourth-order valence-electron chi connectivity index (χ4n) is 3.66. The number of nitrogens with zero attached hydrogens (tertiary/aromatic N) is 4. The Morgan fingerprint density at radius 1 is 1.32 bits per heavy atom. The van der Waals surface area contributed by atoms with Gasteiger partial charge in [-0.3, -0.25) is 4.79 Å². The molecular weight excluding hydrogens is 425 g/mol. The highest BCUT2D eigenvalue weighted by Gasteiger charge is 2.34. The molecule has 1 fully saturated rings. The number of halogens is 2. The largest absolute Gasteiger partial charge is 0.497 e. The molecule has 1 aliphatic rings. The van der Waals surface area contributed by atoms with Crippen molar-refractivity contribution < 1.29 is 18.7 Å². The number of methoxy groups -OCH3 is 2. The Morgan fingerprint density at radius 2 is 2.06 bits per heavy atom. The molecule has 1 saturated carbocycles. The highest BCUT2D eigenvalue weighted by molar-refractivity contribution is 6.29. The maximum Gasteiger partial charge on any atom is 0.260 e. The molecule has 2 aromatic heterocycles. The van der Waals surface area contributed by atoms with Gasteiger partial charge in [0.2, 0.25) is 5.95 Å². The molecule has 8 nitrogen and oxygen atoms in total. The number of carbonyl (C=O) groups is 1. The van der Waals surface area contributed by atoms with Crippen LogP contribution in [0.4, 0.5) is 10.2 Å². The first-order valence-electron chi connectivity index (χ1n) is 9.83. The molecule has 164 valence electrons. The average Bonchev–Trinajstić information content (AvgIpc) is 3.06. The van der Waals surface area contributed by atoms with Crippen LogP contribution in [-0.4, -0.2) is 53.9 Å². The number of nitrogens with one attached hydrogen (secondary N) is 1. The number of hydrogen-bond acceptors (Lipinski definition) is 6. The number of benzene rings is 1. The van der Waals surface area contributed by atoms with Gasteiger partial charge in [-0.2, -0.15) is 8.91 Å². The number of carbonyl (C=O) groups excluding carboxylic acids is 1. The van der Waals surface area contributed by atoms with Gasteiger partial charge >= 0.3 is 0 Å². The molecule has 1 aromatic carbocycles. The maximum atomic E-state index is 14.8. The van der Waals surface area contributed by atoms with Crippen LogP contribution in [0.15, 0.2) is 30.3 Å². The first-order chi connectivity index (χ1) is 14.9. The van der Waals surface area contributed by atoms with Crippen LogP contribution < -0.4 is 15.0 Å². The van der Waals surface area contributed by atoms with Gasteiger partial charge in [0.05, 0.1) is 19.3 Å². The molecule has 10 heteroatoms. The number of hydrogen-bond donors (Lipinski definition) is 1. The molecule has 0 saturated heterocycles. The third-order valence-corrected chi connectivity index (χ3v) is 5.72. The summed E-state index contributed by atoms with van der Waals surface area (Å²) in [6, 6.07) is 9.01. The van der Waals surface area contributed by atoms with Gasteiger partial charge in [0.1, 0.15) is 22.3 Å². The molecule has 0 spiro atoms. The zero-order chi connectivity index (χ0) is 22.1. The normalized spacial score (nSPS) is 18.0. The number of ether oxygens (including phenoxy) is 2. The summed E-state index contributed by atoms with van der Waals surface area (Å²) < 4.78 is 26.5. The smallest absolute Gasteiger partial charge is 0.260 e. The van der Waals surface area contributed by atoms with Gasteiger partial charge in [0, 0.05) is 26.8 Å². The Bertz CT molecular complexity index is 1100. The van der Waals surface area contributed by atoms with E-state index in [-0.39, 0.29) is 28.5 Å². The van der Waals surface area contributed by atoms with Crippen LogP contribution in [-0.2, 0) is 11.3 Å². The van der Waals surface area contributed by atoms with Crippen molar-refractivity contribution in [1.29, 1.82) is 0 Å². The molecular formula is C21H23ClFN5O3.